The number of aliphatic hydroxyl groups is 1. The Morgan fingerprint density at radius 1 is 1.04 bits per heavy atom. The first-order valence-electron chi connectivity index (χ1n) is 9.52. The van der Waals surface area contributed by atoms with Crippen molar-refractivity contribution in [2.45, 2.75) is 44.4 Å². The first-order chi connectivity index (χ1) is 12.1. The summed E-state index contributed by atoms with van der Waals surface area (Å²) in [5, 5.41) is 13.3. The molecule has 2 unspecified atom stereocenters. The molecule has 0 radical (unpaired) electrons. The van der Waals surface area contributed by atoms with Crippen LogP contribution < -0.4 is 10.9 Å². The maximum absolute atomic E-state index is 10.8. The second-order valence-electron chi connectivity index (χ2n) is 7.86. The summed E-state index contributed by atoms with van der Waals surface area (Å²) in [4.78, 5) is 2.44. The molecule has 4 heteroatoms. The van der Waals surface area contributed by atoms with Gasteiger partial charge in [0.25, 0.3) is 0 Å². The van der Waals surface area contributed by atoms with E-state index in [9.17, 15) is 5.11 Å². The number of nitrogens with one attached hydrogen (secondary N) is 2. The van der Waals surface area contributed by atoms with Crippen molar-refractivity contribution in [3.8, 4) is 0 Å². The van der Waals surface area contributed by atoms with Crippen LogP contribution in [-0.2, 0) is 0 Å². The highest BCUT2D eigenvalue weighted by Crippen LogP contribution is 2.31. The molecule has 4 atom stereocenters. The lowest BCUT2D eigenvalue weighted by atomic mass is 9.85. The summed E-state index contributed by atoms with van der Waals surface area (Å²) >= 11 is 0. The van der Waals surface area contributed by atoms with Gasteiger partial charge in [0.05, 0.1) is 6.10 Å². The lowest BCUT2D eigenvalue weighted by Gasteiger charge is -2.38. The quantitative estimate of drug-likeness (QED) is 0.804. The smallest absolute Gasteiger partial charge is 0.0735 e. The summed E-state index contributed by atoms with van der Waals surface area (Å²) in [6, 6.07) is 16.0. The Bertz CT molecular complexity index is 724. The molecule has 0 spiro atoms. The van der Waals surface area contributed by atoms with Crippen molar-refractivity contribution in [1.29, 1.82) is 0 Å². The van der Waals surface area contributed by atoms with Crippen LogP contribution in [-0.4, -0.2) is 47.8 Å². The molecular formula is C21H29N3O. The molecule has 2 saturated heterocycles. The number of nitrogens with zero attached hydrogens (tertiary/aromatic N) is 1. The summed E-state index contributed by atoms with van der Waals surface area (Å²) in [5.41, 5.74) is 7.94. The SMILES string of the molecule is CC1NNC(C)C1CN1CC[C@H](c2ccc3ccccc3c2)[C@@H](O)C1. The Labute approximate surface area is 150 Å². The van der Waals surface area contributed by atoms with Crippen LogP contribution in [0.1, 0.15) is 31.7 Å². The third-order valence-corrected chi connectivity index (χ3v) is 6.16. The van der Waals surface area contributed by atoms with Crippen molar-refractivity contribution in [2.24, 2.45) is 5.92 Å². The highest BCUT2D eigenvalue weighted by atomic mass is 16.3. The molecular weight excluding hydrogens is 310 g/mol. The fraction of sp³-hybridized carbons (Fsp3) is 0.524. The van der Waals surface area contributed by atoms with Crippen LogP contribution in [0.3, 0.4) is 0 Å². The molecule has 0 saturated carbocycles. The van der Waals surface area contributed by atoms with E-state index in [0.29, 0.717) is 18.0 Å². The molecule has 2 fully saturated rings. The van der Waals surface area contributed by atoms with Gasteiger partial charge < -0.3 is 10.0 Å². The Morgan fingerprint density at radius 2 is 1.76 bits per heavy atom. The average molecular weight is 339 g/mol. The monoisotopic (exact) mass is 339 g/mol. The number of benzene rings is 2. The average Bonchev–Trinajstić information content (AvgIpc) is 2.93. The number of hydrazine groups is 1. The van der Waals surface area contributed by atoms with Crippen LogP contribution in [0.25, 0.3) is 10.8 Å². The van der Waals surface area contributed by atoms with Gasteiger partial charge in [-0.3, -0.25) is 10.9 Å². The zero-order valence-corrected chi connectivity index (χ0v) is 15.2. The summed E-state index contributed by atoms with van der Waals surface area (Å²) in [6.45, 7) is 7.35. The molecule has 2 aromatic rings. The number of aliphatic hydroxyl groups excluding tert-OH is 1. The number of fused-ring (bicyclic) bond motifs is 1. The normalized spacial score (nSPS) is 33.8. The fourth-order valence-electron chi connectivity index (χ4n) is 4.51. The standard InChI is InChI=1S/C21H29N3O/c1-14-20(15(2)23-22-14)12-24-10-9-19(21(25)13-24)18-8-7-16-5-3-4-6-17(16)11-18/h3-8,11,14-15,19-23,25H,9-10,12-13H2,1-2H3/t14?,15?,19-,20?,21+/m1/s1. The van der Waals surface area contributed by atoms with Gasteiger partial charge in [-0.1, -0.05) is 42.5 Å². The van der Waals surface area contributed by atoms with Gasteiger partial charge in [-0.15, -0.1) is 0 Å². The highest BCUT2D eigenvalue weighted by Gasteiger charge is 2.35. The van der Waals surface area contributed by atoms with Gasteiger partial charge in [0.15, 0.2) is 0 Å². The minimum atomic E-state index is -0.289. The van der Waals surface area contributed by atoms with Crippen LogP contribution in [0.15, 0.2) is 42.5 Å². The molecule has 0 aromatic heterocycles. The molecule has 134 valence electrons. The van der Waals surface area contributed by atoms with E-state index < -0.39 is 0 Å². The third-order valence-electron chi connectivity index (χ3n) is 6.16. The van der Waals surface area contributed by atoms with Crippen LogP contribution in [0.5, 0.6) is 0 Å². The van der Waals surface area contributed by atoms with Gasteiger partial charge in [0, 0.05) is 37.0 Å². The van der Waals surface area contributed by atoms with Gasteiger partial charge in [-0.05, 0) is 43.1 Å². The maximum Gasteiger partial charge on any atom is 0.0735 e. The van der Waals surface area contributed by atoms with E-state index in [1.165, 1.54) is 16.3 Å². The maximum atomic E-state index is 10.8. The molecule has 4 nitrogen and oxygen atoms in total. The number of likely N-dealkylation sites (tertiary alicyclic amines) is 1. The molecule has 2 aromatic carbocycles. The highest BCUT2D eigenvalue weighted by molar-refractivity contribution is 5.83. The number of hydrogen-bond donors (Lipinski definition) is 3. The first kappa shape index (κ1) is 17.0. The van der Waals surface area contributed by atoms with Gasteiger partial charge in [-0.25, -0.2) is 0 Å². The van der Waals surface area contributed by atoms with E-state index in [1.54, 1.807) is 0 Å². The first-order valence-corrected chi connectivity index (χ1v) is 9.52. The van der Waals surface area contributed by atoms with Crippen LogP contribution in [0.2, 0.25) is 0 Å². The summed E-state index contributed by atoms with van der Waals surface area (Å²) in [5.74, 6) is 0.833. The Balaban J connectivity index is 1.44. The van der Waals surface area contributed by atoms with E-state index in [1.807, 2.05) is 0 Å². The molecule has 4 rings (SSSR count). The van der Waals surface area contributed by atoms with Crippen molar-refractivity contribution >= 4 is 10.8 Å². The van der Waals surface area contributed by atoms with Crippen LogP contribution in [0.4, 0.5) is 0 Å². The van der Waals surface area contributed by atoms with Crippen LogP contribution in [0, 0.1) is 5.92 Å². The van der Waals surface area contributed by atoms with Crippen molar-refractivity contribution in [3.63, 3.8) is 0 Å². The van der Waals surface area contributed by atoms with Crippen LogP contribution >= 0.6 is 0 Å². The second kappa shape index (κ2) is 7.04. The van der Waals surface area contributed by atoms with Crippen molar-refractivity contribution < 1.29 is 5.11 Å². The van der Waals surface area contributed by atoms with Crippen molar-refractivity contribution in [3.05, 3.63) is 48.0 Å². The predicted molar refractivity (Wildman–Crippen MR) is 102 cm³/mol. The van der Waals surface area contributed by atoms with E-state index in [2.05, 4.69) is 72.1 Å². The van der Waals surface area contributed by atoms with E-state index in [0.717, 1.165) is 26.1 Å². The lowest BCUT2D eigenvalue weighted by Crippen LogP contribution is -2.47. The lowest BCUT2D eigenvalue weighted by molar-refractivity contribution is 0.0421. The molecule has 2 heterocycles. The van der Waals surface area contributed by atoms with Gasteiger partial charge >= 0.3 is 0 Å². The molecule has 25 heavy (non-hydrogen) atoms. The largest absolute Gasteiger partial charge is 0.391 e. The summed E-state index contributed by atoms with van der Waals surface area (Å²) in [7, 11) is 0. The molecule has 0 bridgehead atoms. The second-order valence-corrected chi connectivity index (χ2v) is 7.86. The third kappa shape index (κ3) is 3.44. The zero-order chi connectivity index (χ0) is 17.4. The summed E-state index contributed by atoms with van der Waals surface area (Å²) < 4.78 is 0. The van der Waals surface area contributed by atoms with Crippen molar-refractivity contribution in [2.75, 3.05) is 19.6 Å². The molecule has 2 aliphatic heterocycles. The van der Waals surface area contributed by atoms with E-state index >= 15 is 0 Å². The Kier molecular flexibility index (Phi) is 4.78. The molecule has 0 amide bonds. The Hall–Kier alpha value is -1.46. The number of rotatable bonds is 3. The topological polar surface area (TPSA) is 47.5 Å². The van der Waals surface area contributed by atoms with Gasteiger partial charge in [0.1, 0.15) is 0 Å². The zero-order valence-electron chi connectivity index (χ0n) is 15.2. The van der Waals surface area contributed by atoms with E-state index in [4.69, 9.17) is 0 Å². The Morgan fingerprint density at radius 3 is 2.48 bits per heavy atom. The predicted octanol–water partition coefficient (Wildman–Crippen LogP) is 2.49. The van der Waals surface area contributed by atoms with Gasteiger partial charge in [-0.2, -0.15) is 0 Å². The van der Waals surface area contributed by atoms with Gasteiger partial charge in [0.2, 0.25) is 0 Å². The minimum Gasteiger partial charge on any atom is -0.391 e. The number of hydrogen-bond acceptors (Lipinski definition) is 4. The van der Waals surface area contributed by atoms with Crippen molar-refractivity contribution in [1.82, 2.24) is 15.8 Å². The number of β-amino-alcohol motifs (C(OH)–C–C–N with tert-alkyl or cyclic N) is 1. The minimum absolute atomic E-state index is 0.246. The fourth-order valence-corrected chi connectivity index (χ4v) is 4.51. The molecule has 3 N–H and O–H groups in total. The number of piperidine rings is 1. The molecule has 0 aliphatic carbocycles. The summed E-state index contributed by atoms with van der Waals surface area (Å²) in [6.07, 6.45) is 0.735. The molecule has 2 aliphatic rings. The van der Waals surface area contributed by atoms with E-state index in [-0.39, 0.29) is 12.0 Å².